The number of nitrogens with one attached hydrogen (secondary N) is 1. The van der Waals surface area contributed by atoms with E-state index >= 15 is 0 Å². The Kier molecular flexibility index (Phi) is 5.98. The molecule has 5 nitrogen and oxygen atoms in total. The zero-order valence-electron chi connectivity index (χ0n) is 14.9. The maximum absolute atomic E-state index is 12.2. The highest BCUT2D eigenvalue weighted by atomic mass is 32.1. The number of esters is 1. The molecular weight excluding hydrogens is 338 g/mol. The molecule has 0 radical (unpaired) electrons. The van der Waals surface area contributed by atoms with Gasteiger partial charge in [0.05, 0.1) is 19.8 Å². The van der Waals surface area contributed by atoms with Crippen molar-refractivity contribution in [1.82, 2.24) is 0 Å². The third-order valence-electron chi connectivity index (χ3n) is 3.70. The predicted molar refractivity (Wildman–Crippen MR) is 101 cm³/mol. The van der Waals surface area contributed by atoms with Crippen molar-refractivity contribution in [2.45, 2.75) is 20.8 Å². The second-order valence-corrected chi connectivity index (χ2v) is 6.85. The first-order valence-corrected chi connectivity index (χ1v) is 8.50. The van der Waals surface area contributed by atoms with E-state index in [0.717, 1.165) is 27.3 Å². The number of hydrogen-bond donors (Lipinski definition) is 1. The minimum Gasteiger partial charge on any atom is -0.497 e. The Labute approximate surface area is 151 Å². The lowest BCUT2D eigenvalue weighted by molar-refractivity contribution is -0.111. The summed E-state index contributed by atoms with van der Waals surface area (Å²) in [6.07, 6.45) is 3.22. The number of aryl methyl sites for hydroxylation is 3. The molecule has 0 aliphatic heterocycles. The van der Waals surface area contributed by atoms with E-state index < -0.39 is 5.97 Å². The molecule has 0 unspecified atom stereocenters. The molecule has 0 saturated carbocycles. The Morgan fingerprint density at radius 1 is 1.08 bits per heavy atom. The van der Waals surface area contributed by atoms with Crippen molar-refractivity contribution in [3.8, 4) is 5.75 Å². The van der Waals surface area contributed by atoms with Crippen molar-refractivity contribution < 1.29 is 19.1 Å². The largest absolute Gasteiger partial charge is 0.497 e. The Morgan fingerprint density at radius 2 is 1.72 bits per heavy atom. The molecule has 0 fully saturated rings. The van der Waals surface area contributed by atoms with Gasteiger partial charge in [-0.2, -0.15) is 0 Å². The van der Waals surface area contributed by atoms with Gasteiger partial charge in [-0.1, -0.05) is 0 Å². The first kappa shape index (κ1) is 18.7. The SMILES string of the molecule is COC(=O)c1cc(C)sc1NC(=O)/C=C/c1c(C)cc(OC)cc1C. The van der Waals surface area contributed by atoms with Crippen LogP contribution in [0.2, 0.25) is 0 Å². The van der Waals surface area contributed by atoms with Crippen LogP contribution >= 0.6 is 11.3 Å². The van der Waals surface area contributed by atoms with Gasteiger partial charge in [0.25, 0.3) is 0 Å². The third-order valence-corrected chi connectivity index (χ3v) is 4.67. The molecule has 2 aromatic rings. The van der Waals surface area contributed by atoms with Crippen molar-refractivity contribution in [3.05, 3.63) is 51.4 Å². The van der Waals surface area contributed by atoms with Crippen LogP contribution in [0, 0.1) is 20.8 Å². The molecule has 25 heavy (non-hydrogen) atoms. The van der Waals surface area contributed by atoms with E-state index in [0.29, 0.717) is 10.6 Å². The molecule has 0 bridgehead atoms. The summed E-state index contributed by atoms with van der Waals surface area (Å²) in [5, 5.41) is 3.23. The van der Waals surface area contributed by atoms with Crippen LogP contribution < -0.4 is 10.1 Å². The summed E-state index contributed by atoms with van der Waals surface area (Å²) in [7, 11) is 2.94. The van der Waals surface area contributed by atoms with Gasteiger partial charge < -0.3 is 14.8 Å². The molecule has 0 aliphatic carbocycles. The van der Waals surface area contributed by atoms with E-state index in [1.807, 2.05) is 32.9 Å². The van der Waals surface area contributed by atoms with Gasteiger partial charge in [0.1, 0.15) is 10.8 Å². The second kappa shape index (κ2) is 7.98. The Balaban J connectivity index is 2.19. The van der Waals surface area contributed by atoms with Crippen molar-refractivity contribution in [2.24, 2.45) is 0 Å². The van der Waals surface area contributed by atoms with E-state index in [-0.39, 0.29) is 5.91 Å². The average molecular weight is 359 g/mol. The lowest BCUT2D eigenvalue weighted by Crippen LogP contribution is -2.10. The number of ether oxygens (including phenoxy) is 2. The molecule has 0 spiro atoms. The van der Waals surface area contributed by atoms with Gasteiger partial charge >= 0.3 is 5.97 Å². The normalized spacial score (nSPS) is 10.8. The van der Waals surface area contributed by atoms with Gasteiger partial charge in [-0.15, -0.1) is 11.3 Å². The van der Waals surface area contributed by atoms with Gasteiger partial charge in [0.2, 0.25) is 5.91 Å². The zero-order valence-corrected chi connectivity index (χ0v) is 15.7. The quantitative estimate of drug-likeness (QED) is 0.644. The smallest absolute Gasteiger partial charge is 0.340 e. The average Bonchev–Trinajstić information content (AvgIpc) is 2.93. The number of carbonyl (C=O) groups is 2. The van der Waals surface area contributed by atoms with Gasteiger partial charge in [-0.3, -0.25) is 4.79 Å². The Hall–Kier alpha value is -2.60. The lowest BCUT2D eigenvalue weighted by Gasteiger charge is -2.08. The third kappa shape index (κ3) is 4.48. The summed E-state index contributed by atoms with van der Waals surface area (Å²) in [6, 6.07) is 5.54. The number of thiophene rings is 1. The van der Waals surface area contributed by atoms with Crippen LogP contribution in [-0.4, -0.2) is 26.1 Å². The fourth-order valence-corrected chi connectivity index (χ4v) is 3.40. The first-order chi connectivity index (χ1) is 11.8. The summed E-state index contributed by atoms with van der Waals surface area (Å²) in [5.41, 5.74) is 3.36. The molecule has 1 aromatic carbocycles. The summed E-state index contributed by atoms with van der Waals surface area (Å²) in [5.74, 6) is 0.0143. The maximum atomic E-state index is 12.2. The highest BCUT2D eigenvalue weighted by Gasteiger charge is 2.16. The van der Waals surface area contributed by atoms with E-state index in [1.54, 1.807) is 19.3 Å². The van der Waals surface area contributed by atoms with Crippen LogP contribution in [0.4, 0.5) is 5.00 Å². The van der Waals surface area contributed by atoms with Crippen LogP contribution in [0.25, 0.3) is 6.08 Å². The van der Waals surface area contributed by atoms with E-state index in [1.165, 1.54) is 24.5 Å². The first-order valence-electron chi connectivity index (χ1n) is 7.68. The summed E-state index contributed by atoms with van der Waals surface area (Å²) >= 11 is 1.34. The zero-order chi connectivity index (χ0) is 18.6. The van der Waals surface area contributed by atoms with Crippen LogP contribution in [0.1, 0.15) is 31.9 Å². The molecular formula is C19H21NO4S. The van der Waals surface area contributed by atoms with Crippen LogP contribution in [0.3, 0.4) is 0 Å². The van der Waals surface area contributed by atoms with E-state index in [9.17, 15) is 9.59 Å². The molecule has 0 atom stereocenters. The summed E-state index contributed by atoms with van der Waals surface area (Å²) in [6.45, 7) is 5.79. The fraction of sp³-hybridized carbons (Fsp3) is 0.263. The molecule has 1 amide bonds. The Bertz CT molecular complexity index is 813. The molecule has 1 aromatic heterocycles. The molecule has 0 aliphatic rings. The highest BCUT2D eigenvalue weighted by Crippen LogP contribution is 2.28. The maximum Gasteiger partial charge on any atom is 0.340 e. The van der Waals surface area contributed by atoms with Gasteiger partial charge in [-0.25, -0.2) is 4.79 Å². The number of hydrogen-bond acceptors (Lipinski definition) is 5. The van der Waals surface area contributed by atoms with Crippen LogP contribution in [0.5, 0.6) is 5.75 Å². The van der Waals surface area contributed by atoms with E-state index in [2.05, 4.69) is 5.32 Å². The Morgan fingerprint density at radius 3 is 2.28 bits per heavy atom. The van der Waals surface area contributed by atoms with Gasteiger partial charge in [0.15, 0.2) is 0 Å². The van der Waals surface area contributed by atoms with Crippen LogP contribution in [0.15, 0.2) is 24.3 Å². The van der Waals surface area contributed by atoms with Crippen molar-refractivity contribution in [2.75, 3.05) is 19.5 Å². The molecule has 132 valence electrons. The number of rotatable bonds is 5. The number of amides is 1. The number of methoxy groups -OCH3 is 2. The highest BCUT2D eigenvalue weighted by molar-refractivity contribution is 7.16. The second-order valence-electron chi connectivity index (χ2n) is 5.59. The molecule has 1 heterocycles. The summed E-state index contributed by atoms with van der Waals surface area (Å²) < 4.78 is 9.98. The number of anilines is 1. The number of benzene rings is 1. The fourth-order valence-electron chi connectivity index (χ4n) is 2.50. The summed E-state index contributed by atoms with van der Waals surface area (Å²) in [4.78, 5) is 24.9. The molecule has 0 saturated heterocycles. The van der Waals surface area contributed by atoms with Gasteiger partial charge in [-0.05, 0) is 61.7 Å². The topological polar surface area (TPSA) is 64.6 Å². The standard InChI is InChI=1S/C19H21NO4S/c1-11-8-14(23-4)9-12(2)15(11)6-7-17(21)20-18-16(19(22)24-5)10-13(3)25-18/h6-10H,1-5H3,(H,20,21)/b7-6+. The monoisotopic (exact) mass is 359 g/mol. The van der Waals surface area contributed by atoms with Crippen molar-refractivity contribution in [3.63, 3.8) is 0 Å². The molecule has 6 heteroatoms. The minimum atomic E-state index is -0.467. The lowest BCUT2D eigenvalue weighted by atomic mass is 10.0. The molecule has 1 N–H and O–H groups in total. The van der Waals surface area contributed by atoms with E-state index in [4.69, 9.17) is 9.47 Å². The molecule has 2 rings (SSSR count). The minimum absolute atomic E-state index is 0.304. The predicted octanol–water partition coefficient (Wildman–Crippen LogP) is 4.12. The number of carbonyl (C=O) groups excluding carboxylic acids is 2. The van der Waals surface area contributed by atoms with Crippen molar-refractivity contribution >= 4 is 34.3 Å². The van der Waals surface area contributed by atoms with Gasteiger partial charge in [0, 0.05) is 11.0 Å². The van der Waals surface area contributed by atoms with Crippen molar-refractivity contribution in [1.29, 1.82) is 0 Å². The van der Waals surface area contributed by atoms with Crippen LogP contribution in [-0.2, 0) is 9.53 Å².